The Labute approximate surface area is 159 Å². The van der Waals surface area contributed by atoms with E-state index in [4.69, 9.17) is 4.74 Å². The summed E-state index contributed by atoms with van der Waals surface area (Å²) in [4.78, 5) is 2.72. The van der Waals surface area contributed by atoms with Gasteiger partial charge in [-0.1, -0.05) is 25.3 Å². The number of rotatable bonds is 4. The average molecular weight is 375 g/mol. The summed E-state index contributed by atoms with van der Waals surface area (Å²) in [5.41, 5.74) is 2.91. The molecule has 2 aliphatic rings. The number of hydrogen-bond donors (Lipinski definition) is 1. The van der Waals surface area contributed by atoms with Crippen LogP contribution in [0.3, 0.4) is 0 Å². The molecule has 1 aromatic rings. The van der Waals surface area contributed by atoms with E-state index in [1.807, 2.05) is 0 Å². The molecule has 1 atom stereocenters. The Bertz CT molecular complexity index is 468. The van der Waals surface area contributed by atoms with Gasteiger partial charge in [0.25, 0.3) is 0 Å². The Balaban J connectivity index is 0.00000144. The summed E-state index contributed by atoms with van der Waals surface area (Å²) >= 11 is 0. The molecule has 5 heteroatoms. The van der Waals surface area contributed by atoms with E-state index in [-0.39, 0.29) is 24.8 Å². The minimum absolute atomic E-state index is 0. The highest BCUT2D eigenvalue weighted by atomic mass is 35.5. The minimum atomic E-state index is 0. The summed E-state index contributed by atoms with van der Waals surface area (Å²) < 4.78 is 5.40. The number of methoxy groups -OCH3 is 1. The molecule has 3 rings (SSSR count). The molecule has 0 aromatic heterocycles. The van der Waals surface area contributed by atoms with E-state index in [9.17, 15) is 0 Å². The average Bonchev–Trinajstić information content (AvgIpc) is 2.58. The highest BCUT2D eigenvalue weighted by Gasteiger charge is 2.31. The van der Waals surface area contributed by atoms with Crippen LogP contribution in [0.15, 0.2) is 18.2 Å². The van der Waals surface area contributed by atoms with E-state index in [1.165, 1.54) is 56.3 Å². The van der Waals surface area contributed by atoms with Crippen molar-refractivity contribution < 1.29 is 4.74 Å². The standard InChI is InChI=1S/C19H30N2O.2ClH/c1-15-14-17(22-2)8-9-18(15)19(16-6-4-3-5-7-16)21-12-10-20-11-13-21;;/h8-9,14,16,19-20H,3-7,10-13H2,1-2H3;2*1H/t19-;;/m0../s1. The molecule has 0 bridgehead atoms. The van der Waals surface area contributed by atoms with Crippen LogP contribution in [0.1, 0.15) is 49.3 Å². The molecule has 1 aliphatic heterocycles. The fraction of sp³-hybridized carbons (Fsp3) is 0.684. The highest BCUT2D eigenvalue weighted by Crippen LogP contribution is 2.40. The summed E-state index contributed by atoms with van der Waals surface area (Å²) in [5.74, 6) is 1.79. The zero-order chi connectivity index (χ0) is 15.4. The number of benzene rings is 1. The van der Waals surface area contributed by atoms with Gasteiger partial charge in [-0.2, -0.15) is 0 Å². The number of aryl methyl sites for hydroxylation is 1. The maximum absolute atomic E-state index is 5.40. The summed E-state index contributed by atoms with van der Waals surface area (Å²) in [7, 11) is 1.75. The number of halogens is 2. The zero-order valence-corrected chi connectivity index (χ0v) is 16.6. The van der Waals surface area contributed by atoms with Gasteiger partial charge in [0.15, 0.2) is 0 Å². The van der Waals surface area contributed by atoms with Gasteiger partial charge >= 0.3 is 0 Å². The van der Waals surface area contributed by atoms with Gasteiger partial charge in [0.05, 0.1) is 7.11 Å². The van der Waals surface area contributed by atoms with Crippen molar-refractivity contribution in [3.8, 4) is 5.75 Å². The fourth-order valence-corrected chi connectivity index (χ4v) is 4.27. The molecular formula is C19H32Cl2N2O. The molecule has 138 valence electrons. The van der Waals surface area contributed by atoms with Crippen LogP contribution in [0.5, 0.6) is 5.75 Å². The van der Waals surface area contributed by atoms with Crippen LogP contribution in [0.4, 0.5) is 0 Å². The molecule has 1 saturated carbocycles. The van der Waals surface area contributed by atoms with E-state index in [1.54, 1.807) is 7.11 Å². The Morgan fingerprint density at radius 2 is 1.75 bits per heavy atom. The van der Waals surface area contributed by atoms with E-state index < -0.39 is 0 Å². The fourth-order valence-electron chi connectivity index (χ4n) is 4.27. The smallest absolute Gasteiger partial charge is 0.119 e. The topological polar surface area (TPSA) is 24.5 Å². The number of piperazine rings is 1. The lowest BCUT2D eigenvalue weighted by Gasteiger charge is -2.41. The van der Waals surface area contributed by atoms with Crippen LogP contribution in [0.2, 0.25) is 0 Å². The van der Waals surface area contributed by atoms with Gasteiger partial charge in [-0.05, 0) is 48.9 Å². The lowest BCUT2D eigenvalue weighted by Crippen LogP contribution is -2.47. The molecule has 0 amide bonds. The van der Waals surface area contributed by atoms with Crippen LogP contribution in [-0.2, 0) is 0 Å². The van der Waals surface area contributed by atoms with Gasteiger partial charge in [0.2, 0.25) is 0 Å². The van der Waals surface area contributed by atoms with E-state index >= 15 is 0 Å². The maximum atomic E-state index is 5.40. The van der Waals surface area contributed by atoms with Crippen molar-refractivity contribution in [3.63, 3.8) is 0 Å². The number of ether oxygens (including phenoxy) is 1. The molecular weight excluding hydrogens is 343 g/mol. The Kier molecular flexibility index (Phi) is 9.43. The summed E-state index contributed by atoms with van der Waals surface area (Å²) in [5, 5.41) is 3.50. The van der Waals surface area contributed by atoms with Gasteiger partial charge in [-0.3, -0.25) is 4.90 Å². The second kappa shape index (κ2) is 10.5. The normalized spacial score (nSPS) is 20.6. The summed E-state index contributed by atoms with van der Waals surface area (Å²) in [6, 6.07) is 7.25. The number of hydrogen-bond acceptors (Lipinski definition) is 3. The van der Waals surface area contributed by atoms with Crippen LogP contribution in [0, 0.1) is 12.8 Å². The molecule has 0 spiro atoms. The van der Waals surface area contributed by atoms with Crippen molar-refractivity contribution in [2.75, 3.05) is 33.3 Å². The van der Waals surface area contributed by atoms with Crippen molar-refractivity contribution in [1.29, 1.82) is 0 Å². The molecule has 1 N–H and O–H groups in total. The molecule has 1 saturated heterocycles. The Hall–Kier alpha value is -0.480. The quantitative estimate of drug-likeness (QED) is 0.846. The Morgan fingerprint density at radius 3 is 2.33 bits per heavy atom. The molecule has 1 aliphatic carbocycles. The second-order valence-electron chi connectivity index (χ2n) is 6.85. The first kappa shape index (κ1) is 21.6. The lowest BCUT2D eigenvalue weighted by molar-refractivity contribution is 0.103. The first-order chi connectivity index (χ1) is 10.8. The SMILES string of the molecule is COc1ccc([C@H](C2CCCCC2)N2CCNCC2)c(C)c1.Cl.Cl. The molecule has 24 heavy (non-hydrogen) atoms. The maximum Gasteiger partial charge on any atom is 0.119 e. The van der Waals surface area contributed by atoms with Crippen molar-refractivity contribution in [3.05, 3.63) is 29.3 Å². The van der Waals surface area contributed by atoms with Gasteiger partial charge in [0.1, 0.15) is 5.75 Å². The predicted molar refractivity (Wildman–Crippen MR) is 106 cm³/mol. The molecule has 1 heterocycles. The van der Waals surface area contributed by atoms with Gasteiger partial charge in [0, 0.05) is 32.2 Å². The number of nitrogens with zero attached hydrogens (tertiary/aromatic N) is 1. The number of nitrogens with one attached hydrogen (secondary N) is 1. The third-order valence-electron chi connectivity index (χ3n) is 5.44. The zero-order valence-electron chi connectivity index (χ0n) is 14.9. The second-order valence-corrected chi connectivity index (χ2v) is 6.85. The van der Waals surface area contributed by atoms with Crippen LogP contribution in [-0.4, -0.2) is 38.2 Å². The van der Waals surface area contributed by atoms with E-state index in [0.717, 1.165) is 24.8 Å². The van der Waals surface area contributed by atoms with Gasteiger partial charge in [-0.25, -0.2) is 0 Å². The summed E-state index contributed by atoms with van der Waals surface area (Å²) in [6.45, 7) is 6.84. The van der Waals surface area contributed by atoms with Crippen molar-refractivity contribution in [2.24, 2.45) is 5.92 Å². The van der Waals surface area contributed by atoms with Gasteiger partial charge in [-0.15, -0.1) is 24.8 Å². The molecule has 2 fully saturated rings. The molecule has 0 unspecified atom stereocenters. The Morgan fingerprint density at radius 1 is 1.08 bits per heavy atom. The van der Waals surface area contributed by atoms with E-state index in [2.05, 4.69) is 35.3 Å². The third-order valence-corrected chi connectivity index (χ3v) is 5.44. The third kappa shape index (κ3) is 5.01. The van der Waals surface area contributed by atoms with Crippen LogP contribution < -0.4 is 10.1 Å². The van der Waals surface area contributed by atoms with Gasteiger partial charge < -0.3 is 10.1 Å². The minimum Gasteiger partial charge on any atom is -0.497 e. The summed E-state index contributed by atoms with van der Waals surface area (Å²) in [6.07, 6.45) is 7.01. The highest BCUT2D eigenvalue weighted by molar-refractivity contribution is 5.85. The lowest BCUT2D eigenvalue weighted by atomic mass is 9.79. The molecule has 0 radical (unpaired) electrons. The van der Waals surface area contributed by atoms with Crippen molar-refractivity contribution in [1.82, 2.24) is 10.2 Å². The van der Waals surface area contributed by atoms with Crippen molar-refractivity contribution >= 4 is 24.8 Å². The van der Waals surface area contributed by atoms with Crippen molar-refractivity contribution in [2.45, 2.75) is 45.1 Å². The van der Waals surface area contributed by atoms with E-state index in [0.29, 0.717) is 6.04 Å². The first-order valence-electron chi connectivity index (χ1n) is 8.89. The molecule has 3 nitrogen and oxygen atoms in total. The van der Waals surface area contributed by atoms with Crippen LogP contribution >= 0.6 is 24.8 Å². The largest absolute Gasteiger partial charge is 0.497 e. The first-order valence-corrected chi connectivity index (χ1v) is 8.89. The predicted octanol–water partition coefficient (Wildman–Crippen LogP) is 4.37. The molecule has 1 aromatic carbocycles. The van der Waals surface area contributed by atoms with Crippen LogP contribution in [0.25, 0.3) is 0 Å². The monoisotopic (exact) mass is 374 g/mol.